The third-order valence-electron chi connectivity index (χ3n) is 4.86. The number of halogens is 9. The van der Waals surface area contributed by atoms with Crippen molar-refractivity contribution in [3.63, 3.8) is 0 Å². The number of benzene rings is 2. The minimum Gasteiger partial charge on any atom is -0.192 e. The van der Waals surface area contributed by atoms with Crippen LogP contribution in [0.15, 0.2) is 18.2 Å². The van der Waals surface area contributed by atoms with E-state index >= 15 is 0 Å². The summed E-state index contributed by atoms with van der Waals surface area (Å²) in [6.45, 7) is 0. The van der Waals surface area contributed by atoms with Gasteiger partial charge in [0.2, 0.25) is 0 Å². The fraction of sp³-hybridized carbons (Fsp3) is 0.130. The van der Waals surface area contributed by atoms with Crippen LogP contribution in [0.2, 0.25) is 0 Å². The van der Waals surface area contributed by atoms with E-state index in [4.69, 9.17) is 15.8 Å². The molecule has 0 atom stereocenters. The van der Waals surface area contributed by atoms with E-state index in [1.807, 2.05) is 0 Å². The standard InChI is InChI=1S/C23H3F9N6/c24-21(25,26)17-1-10(2-18(16(17)9-38)22(27,28)29)13(6-35)12-3-19(23(30,31)32)20(11(4-33)5-34)15(8-37)14(12)7-36/h1-3H/b13-12-. The minimum atomic E-state index is -5.60. The van der Waals surface area contributed by atoms with E-state index in [0.29, 0.717) is 0 Å². The molecule has 0 aliphatic heterocycles. The summed E-state index contributed by atoms with van der Waals surface area (Å²) in [5.41, 5.74) is -14.5. The third-order valence-corrected chi connectivity index (χ3v) is 4.86. The Morgan fingerprint density at radius 2 is 0.947 bits per heavy atom. The lowest BCUT2D eigenvalue weighted by Crippen LogP contribution is -2.31. The minimum absolute atomic E-state index is 0.0410. The smallest absolute Gasteiger partial charge is 0.192 e. The summed E-state index contributed by atoms with van der Waals surface area (Å²) in [4.78, 5) is 0. The molecular formula is C23H3F9N6. The Hall–Kier alpha value is -5.51. The maximum absolute atomic E-state index is 13.9. The number of hydrogen-bond donors (Lipinski definition) is 0. The van der Waals surface area contributed by atoms with Crippen molar-refractivity contribution < 1.29 is 39.5 Å². The lowest BCUT2D eigenvalue weighted by Gasteiger charge is -2.17. The van der Waals surface area contributed by atoms with E-state index in [2.05, 4.69) is 0 Å². The summed E-state index contributed by atoms with van der Waals surface area (Å²) in [6, 6.07) is 6.30. The molecule has 188 valence electrons. The van der Waals surface area contributed by atoms with Crippen LogP contribution < -0.4 is 10.4 Å². The van der Waals surface area contributed by atoms with Crippen molar-refractivity contribution in [1.29, 1.82) is 31.6 Å². The number of rotatable bonds is 1. The van der Waals surface area contributed by atoms with Crippen molar-refractivity contribution in [3.05, 3.63) is 67.6 Å². The monoisotopic (exact) mass is 534 g/mol. The predicted molar refractivity (Wildman–Crippen MR) is 104 cm³/mol. The molecule has 0 heterocycles. The van der Waals surface area contributed by atoms with E-state index in [1.165, 1.54) is 12.1 Å². The lowest BCUT2D eigenvalue weighted by atomic mass is 9.90. The van der Waals surface area contributed by atoms with Crippen LogP contribution in [0.1, 0.15) is 38.9 Å². The van der Waals surface area contributed by atoms with Gasteiger partial charge in [0, 0.05) is 10.4 Å². The van der Waals surface area contributed by atoms with Gasteiger partial charge >= 0.3 is 18.5 Å². The van der Waals surface area contributed by atoms with Gasteiger partial charge in [0.15, 0.2) is 0 Å². The summed E-state index contributed by atoms with van der Waals surface area (Å²) in [6.07, 6.45) is -16.7. The Bertz CT molecular complexity index is 1680. The van der Waals surface area contributed by atoms with E-state index < -0.39 is 79.1 Å². The van der Waals surface area contributed by atoms with Gasteiger partial charge in [0.05, 0.1) is 39.0 Å². The molecule has 0 amide bonds. The zero-order valence-corrected chi connectivity index (χ0v) is 17.8. The number of hydrogen-bond acceptors (Lipinski definition) is 6. The highest BCUT2D eigenvalue weighted by molar-refractivity contribution is 5.81. The average Bonchev–Trinajstić information content (AvgIpc) is 2.82. The van der Waals surface area contributed by atoms with Gasteiger partial charge in [0.25, 0.3) is 0 Å². The molecule has 6 nitrogen and oxygen atoms in total. The first-order valence-corrected chi connectivity index (χ1v) is 9.27. The normalized spacial score (nSPS) is 12.1. The summed E-state index contributed by atoms with van der Waals surface area (Å²) in [7, 11) is 0. The molecule has 0 aromatic heterocycles. The maximum Gasteiger partial charge on any atom is 0.417 e. The van der Waals surface area contributed by atoms with E-state index in [0.717, 1.165) is 24.3 Å². The van der Waals surface area contributed by atoms with E-state index in [1.54, 1.807) is 0 Å². The van der Waals surface area contributed by atoms with Crippen molar-refractivity contribution in [2.24, 2.45) is 0 Å². The highest BCUT2D eigenvalue weighted by Gasteiger charge is 2.42. The van der Waals surface area contributed by atoms with Crippen LogP contribution in [0.4, 0.5) is 39.5 Å². The molecule has 0 aliphatic rings. The molecule has 38 heavy (non-hydrogen) atoms. The van der Waals surface area contributed by atoms with Crippen LogP contribution in [0.5, 0.6) is 0 Å². The number of nitrogens with zero attached hydrogens (tertiary/aromatic N) is 6. The lowest BCUT2D eigenvalue weighted by molar-refractivity contribution is -0.143. The fourth-order valence-corrected chi connectivity index (χ4v) is 3.36. The van der Waals surface area contributed by atoms with Gasteiger partial charge in [-0.05, 0) is 23.8 Å². The average molecular weight is 534 g/mol. The Kier molecular flexibility index (Phi) is 7.45. The summed E-state index contributed by atoms with van der Waals surface area (Å²) in [5.74, 6) is 0. The topological polar surface area (TPSA) is 143 Å². The first-order chi connectivity index (χ1) is 17.5. The molecule has 15 heteroatoms. The van der Waals surface area contributed by atoms with Crippen molar-refractivity contribution in [2.75, 3.05) is 0 Å². The molecule has 0 aliphatic carbocycles. The molecule has 0 spiro atoms. The van der Waals surface area contributed by atoms with E-state index in [9.17, 15) is 55.3 Å². The molecule has 0 radical (unpaired) electrons. The van der Waals surface area contributed by atoms with Crippen molar-refractivity contribution in [3.8, 4) is 36.4 Å². The van der Waals surface area contributed by atoms with Crippen LogP contribution in [0.25, 0.3) is 11.1 Å². The molecule has 0 saturated carbocycles. The zero-order chi connectivity index (χ0) is 29.2. The second-order valence-electron chi connectivity index (χ2n) is 6.96. The molecule has 2 rings (SSSR count). The highest BCUT2D eigenvalue weighted by atomic mass is 19.4. The molecule has 2 aromatic carbocycles. The van der Waals surface area contributed by atoms with Crippen LogP contribution in [0, 0.1) is 68.0 Å². The Morgan fingerprint density at radius 1 is 0.526 bits per heavy atom. The van der Waals surface area contributed by atoms with Crippen LogP contribution in [-0.2, 0) is 18.5 Å². The zero-order valence-electron chi connectivity index (χ0n) is 17.8. The first kappa shape index (κ1) is 28.7. The molecular weight excluding hydrogens is 531 g/mol. The summed E-state index contributed by atoms with van der Waals surface area (Å²) >= 11 is 0. The Balaban J connectivity index is 3.47. The molecule has 0 saturated heterocycles. The number of alkyl halides is 9. The highest BCUT2D eigenvalue weighted by Crippen LogP contribution is 2.41. The largest absolute Gasteiger partial charge is 0.417 e. The Morgan fingerprint density at radius 3 is 1.26 bits per heavy atom. The maximum atomic E-state index is 13.9. The van der Waals surface area contributed by atoms with Gasteiger partial charge in [-0.3, -0.25) is 0 Å². The van der Waals surface area contributed by atoms with Gasteiger partial charge in [-0.2, -0.15) is 71.1 Å². The Labute approximate surface area is 205 Å². The second-order valence-corrected chi connectivity index (χ2v) is 6.96. The summed E-state index contributed by atoms with van der Waals surface area (Å²) in [5, 5.41) is 53.1. The molecule has 2 aromatic rings. The molecule has 0 fully saturated rings. The first-order valence-electron chi connectivity index (χ1n) is 9.27. The third kappa shape index (κ3) is 5.05. The van der Waals surface area contributed by atoms with Gasteiger partial charge in [-0.1, -0.05) is 0 Å². The van der Waals surface area contributed by atoms with E-state index in [-0.39, 0.29) is 18.2 Å². The molecule has 0 unspecified atom stereocenters. The number of nitriles is 6. The van der Waals surface area contributed by atoms with Gasteiger partial charge in [-0.25, -0.2) is 0 Å². The SMILES string of the molecule is N#CC(C#N)=c1c(C(F)(F)F)c/c(=C(\C#N)c2cc(C(F)(F)F)c(C#N)c(C(F)(F)F)c2)c(C#N)c1C#N. The van der Waals surface area contributed by atoms with Gasteiger partial charge in [-0.15, -0.1) is 0 Å². The van der Waals surface area contributed by atoms with Crippen LogP contribution in [0.3, 0.4) is 0 Å². The van der Waals surface area contributed by atoms with Crippen LogP contribution >= 0.6 is 0 Å². The van der Waals surface area contributed by atoms with Gasteiger partial charge in [0.1, 0.15) is 42.0 Å². The second kappa shape index (κ2) is 9.86. The van der Waals surface area contributed by atoms with Crippen molar-refractivity contribution >= 4 is 11.1 Å². The molecule has 0 bridgehead atoms. The molecule has 0 N–H and O–H groups in total. The van der Waals surface area contributed by atoms with Crippen LogP contribution in [-0.4, -0.2) is 0 Å². The predicted octanol–water partition coefficient (Wildman–Crippen LogP) is 4.28. The van der Waals surface area contributed by atoms with Gasteiger partial charge < -0.3 is 0 Å². The summed E-state index contributed by atoms with van der Waals surface area (Å²) < 4.78 is 123. The fourth-order valence-electron chi connectivity index (χ4n) is 3.36. The van der Waals surface area contributed by atoms with Crippen molar-refractivity contribution in [1.82, 2.24) is 0 Å². The quantitative estimate of drug-likeness (QED) is 0.500. The van der Waals surface area contributed by atoms with Crippen molar-refractivity contribution in [2.45, 2.75) is 18.5 Å².